The quantitative estimate of drug-likeness (QED) is 0.478. The van der Waals surface area contributed by atoms with Crippen LogP contribution in [0.5, 0.6) is 0 Å². The van der Waals surface area contributed by atoms with Crippen LogP contribution in [0.25, 0.3) is 26.8 Å². The Hall–Kier alpha value is -2.39. The summed E-state index contributed by atoms with van der Waals surface area (Å²) in [5, 5.41) is 4.70. The third-order valence-corrected chi connectivity index (χ3v) is 4.36. The molecule has 0 saturated heterocycles. The first kappa shape index (κ1) is 11.4. The Labute approximate surface area is 119 Å². The van der Waals surface area contributed by atoms with Gasteiger partial charge in [-0.15, -0.1) is 11.3 Å². The molecule has 4 rings (SSSR count). The number of hydrogen-bond acceptors (Lipinski definition) is 2. The molecule has 3 heteroatoms. The maximum Gasteiger partial charge on any atom is 0.197 e. The Morgan fingerprint density at radius 2 is 1.35 bits per heavy atom. The minimum Gasteiger partial charge on any atom is -0.300 e. The number of para-hydroxylation sites is 2. The molecule has 0 spiro atoms. The zero-order valence-electron chi connectivity index (χ0n) is 10.6. The number of hydrogen-bond donors (Lipinski definition) is 0. The monoisotopic (exact) mass is 277 g/mol. The van der Waals surface area contributed by atoms with Gasteiger partial charge in [0.05, 0.1) is 16.0 Å². The molecule has 2 nitrogen and oxygen atoms in total. The topological polar surface area (TPSA) is 22.0 Å². The van der Waals surface area contributed by atoms with Crippen LogP contribution in [-0.4, -0.2) is 4.57 Å². The molecule has 0 unspecified atom stereocenters. The molecule has 0 fully saturated rings. The van der Waals surface area contributed by atoms with Crippen LogP contribution in [0.4, 0.5) is 0 Å². The minimum atomic E-state index is 0.101. The van der Waals surface area contributed by atoms with Crippen LogP contribution >= 0.6 is 11.3 Å². The zero-order chi connectivity index (χ0) is 13.5. The standard InChI is InChI=1S/C17H11NOS/c19-17-12-6-1-3-8-14(12)18(16-10-5-11-20-16)15-9-4-2-7-13(15)17/h1-11H. The van der Waals surface area contributed by atoms with E-state index in [9.17, 15) is 4.79 Å². The molecule has 0 aliphatic heterocycles. The molecule has 2 heterocycles. The number of nitrogens with zero attached hydrogens (tertiary/aromatic N) is 1. The normalized spacial score (nSPS) is 11.2. The molecule has 0 aliphatic carbocycles. The highest BCUT2D eigenvalue weighted by atomic mass is 32.1. The third-order valence-electron chi connectivity index (χ3n) is 3.51. The minimum absolute atomic E-state index is 0.101. The van der Waals surface area contributed by atoms with Crippen LogP contribution in [0, 0.1) is 0 Å². The Morgan fingerprint density at radius 3 is 1.90 bits per heavy atom. The van der Waals surface area contributed by atoms with E-state index in [1.807, 2.05) is 54.6 Å². The summed E-state index contributed by atoms with van der Waals surface area (Å²) in [6.45, 7) is 0. The van der Waals surface area contributed by atoms with Crippen molar-refractivity contribution in [2.75, 3.05) is 0 Å². The summed E-state index contributed by atoms with van der Waals surface area (Å²) in [6, 6.07) is 19.7. The summed E-state index contributed by atoms with van der Waals surface area (Å²) in [5.74, 6) is 0. The number of rotatable bonds is 1. The second-order valence-electron chi connectivity index (χ2n) is 4.65. The number of benzene rings is 2. The fourth-order valence-electron chi connectivity index (χ4n) is 2.63. The van der Waals surface area contributed by atoms with Gasteiger partial charge in [-0.3, -0.25) is 4.79 Å². The van der Waals surface area contributed by atoms with Gasteiger partial charge in [-0.1, -0.05) is 24.3 Å². The van der Waals surface area contributed by atoms with Crippen LogP contribution in [0.1, 0.15) is 0 Å². The highest BCUT2D eigenvalue weighted by molar-refractivity contribution is 7.12. The van der Waals surface area contributed by atoms with Gasteiger partial charge in [0.25, 0.3) is 0 Å². The molecule has 0 bridgehead atoms. The Bertz CT molecular complexity index is 907. The second kappa shape index (κ2) is 4.32. The Balaban J connectivity index is 2.34. The first-order chi connectivity index (χ1) is 9.86. The van der Waals surface area contributed by atoms with Gasteiger partial charge in [-0.05, 0) is 41.8 Å². The molecule has 0 aliphatic rings. The summed E-state index contributed by atoms with van der Waals surface area (Å²) in [6.07, 6.45) is 0. The largest absolute Gasteiger partial charge is 0.300 e. The lowest BCUT2D eigenvalue weighted by Crippen LogP contribution is -2.09. The van der Waals surface area contributed by atoms with E-state index < -0.39 is 0 Å². The molecule has 4 aromatic rings. The fraction of sp³-hybridized carbons (Fsp3) is 0. The van der Waals surface area contributed by atoms with Gasteiger partial charge in [-0.2, -0.15) is 0 Å². The summed E-state index contributed by atoms with van der Waals surface area (Å²) < 4.78 is 2.16. The molecular formula is C17H11NOS. The SMILES string of the molecule is O=c1c2ccccc2n(-c2cccs2)c2ccccc12. The van der Waals surface area contributed by atoms with Crippen LogP contribution < -0.4 is 5.43 Å². The van der Waals surface area contributed by atoms with Crippen LogP contribution in [0.3, 0.4) is 0 Å². The third kappa shape index (κ3) is 1.53. The van der Waals surface area contributed by atoms with Gasteiger partial charge in [0.15, 0.2) is 5.43 Å². The predicted molar refractivity (Wildman–Crippen MR) is 84.9 cm³/mol. The first-order valence-corrected chi connectivity index (χ1v) is 7.30. The first-order valence-electron chi connectivity index (χ1n) is 6.42. The molecule has 2 aromatic carbocycles. The molecule has 0 radical (unpaired) electrons. The predicted octanol–water partition coefficient (Wildman–Crippen LogP) is 4.21. The highest BCUT2D eigenvalue weighted by Crippen LogP contribution is 2.26. The molecule has 0 N–H and O–H groups in total. The van der Waals surface area contributed by atoms with Gasteiger partial charge in [-0.25, -0.2) is 0 Å². The molecular weight excluding hydrogens is 266 g/mol. The van der Waals surface area contributed by atoms with Crippen molar-refractivity contribution in [1.82, 2.24) is 4.57 Å². The van der Waals surface area contributed by atoms with E-state index in [-0.39, 0.29) is 5.43 Å². The van der Waals surface area contributed by atoms with Crippen molar-refractivity contribution in [3.8, 4) is 5.00 Å². The van der Waals surface area contributed by atoms with Crippen molar-refractivity contribution in [2.45, 2.75) is 0 Å². The average molecular weight is 277 g/mol. The van der Waals surface area contributed by atoms with E-state index in [0.717, 1.165) is 26.8 Å². The summed E-state index contributed by atoms with van der Waals surface area (Å²) in [5.41, 5.74) is 2.02. The lowest BCUT2D eigenvalue weighted by atomic mass is 10.1. The van der Waals surface area contributed by atoms with E-state index in [2.05, 4.69) is 16.0 Å². The van der Waals surface area contributed by atoms with Crippen LogP contribution in [0.15, 0.2) is 70.8 Å². The van der Waals surface area contributed by atoms with Crippen molar-refractivity contribution in [3.63, 3.8) is 0 Å². The van der Waals surface area contributed by atoms with E-state index in [1.54, 1.807) is 11.3 Å². The molecule has 0 atom stereocenters. The summed E-state index contributed by atoms with van der Waals surface area (Å²) in [4.78, 5) is 12.6. The van der Waals surface area contributed by atoms with Crippen molar-refractivity contribution < 1.29 is 0 Å². The van der Waals surface area contributed by atoms with Crippen LogP contribution in [-0.2, 0) is 0 Å². The van der Waals surface area contributed by atoms with Crippen molar-refractivity contribution in [2.24, 2.45) is 0 Å². The van der Waals surface area contributed by atoms with Gasteiger partial charge in [0, 0.05) is 10.8 Å². The van der Waals surface area contributed by atoms with Gasteiger partial charge >= 0.3 is 0 Å². The fourth-order valence-corrected chi connectivity index (χ4v) is 3.39. The molecule has 20 heavy (non-hydrogen) atoms. The van der Waals surface area contributed by atoms with Gasteiger partial charge in [0.1, 0.15) is 0 Å². The van der Waals surface area contributed by atoms with E-state index in [0.29, 0.717) is 0 Å². The van der Waals surface area contributed by atoms with Crippen molar-refractivity contribution in [1.29, 1.82) is 0 Å². The Morgan fingerprint density at radius 1 is 0.750 bits per heavy atom. The second-order valence-corrected chi connectivity index (χ2v) is 5.58. The van der Waals surface area contributed by atoms with Crippen LogP contribution in [0.2, 0.25) is 0 Å². The zero-order valence-corrected chi connectivity index (χ0v) is 11.4. The molecule has 0 saturated carbocycles. The maximum absolute atomic E-state index is 12.6. The van der Waals surface area contributed by atoms with Crippen molar-refractivity contribution >= 4 is 33.1 Å². The lowest BCUT2D eigenvalue weighted by molar-refractivity contribution is 1.20. The summed E-state index contributed by atoms with van der Waals surface area (Å²) in [7, 11) is 0. The lowest BCUT2D eigenvalue weighted by Gasteiger charge is -2.13. The number of thiophene rings is 1. The van der Waals surface area contributed by atoms with Crippen molar-refractivity contribution in [3.05, 3.63) is 76.3 Å². The van der Waals surface area contributed by atoms with E-state index >= 15 is 0 Å². The highest BCUT2D eigenvalue weighted by Gasteiger charge is 2.11. The maximum atomic E-state index is 12.6. The number of aromatic nitrogens is 1. The smallest absolute Gasteiger partial charge is 0.197 e. The summed E-state index contributed by atoms with van der Waals surface area (Å²) >= 11 is 1.67. The van der Waals surface area contributed by atoms with Gasteiger partial charge in [0.2, 0.25) is 0 Å². The molecule has 0 amide bonds. The number of fused-ring (bicyclic) bond motifs is 2. The van der Waals surface area contributed by atoms with E-state index in [4.69, 9.17) is 0 Å². The average Bonchev–Trinajstić information content (AvgIpc) is 3.02. The molecule has 96 valence electrons. The molecule has 2 aromatic heterocycles. The number of pyridine rings is 1. The Kier molecular flexibility index (Phi) is 2.47. The van der Waals surface area contributed by atoms with E-state index in [1.165, 1.54) is 0 Å². The van der Waals surface area contributed by atoms with Gasteiger partial charge < -0.3 is 4.57 Å².